The van der Waals surface area contributed by atoms with Crippen molar-refractivity contribution in [1.29, 1.82) is 0 Å². The molecule has 0 rings (SSSR count). The van der Waals surface area contributed by atoms with Gasteiger partial charge >= 0.3 is 5.97 Å². The first-order valence-corrected chi connectivity index (χ1v) is 8.67. The Morgan fingerprint density at radius 1 is 1.04 bits per heavy atom. The Balaban J connectivity index is 3.95. The number of primary amides is 1. The van der Waals surface area contributed by atoms with Gasteiger partial charge in [0.05, 0.1) is 0 Å². The summed E-state index contributed by atoms with van der Waals surface area (Å²) < 4.78 is 0. The summed E-state index contributed by atoms with van der Waals surface area (Å²) in [6.45, 7) is 4.19. The van der Waals surface area contributed by atoms with E-state index in [-0.39, 0.29) is 24.7 Å². The number of carboxylic acid groups (broad SMARTS) is 1. The zero-order valence-corrected chi connectivity index (χ0v) is 14.5. The van der Waals surface area contributed by atoms with Crippen LogP contribution in [0.2, 0.25) is 0 Å². The Morgan fingerprint density at radius 3 is 2.22 bits per heavy atom. The number of hydrogen-bond donors (Lipinski definition) is 3. The van der Waals surface area contributed by atoms with Crippen LogP contribution in [0.25, 0.3) is 0 Å². The second-order valence-corrected chi connectivity index (χ2v) is 6.33. The summed E-state index contributed by atoms with van der Waals surface area (Å²) in [5.41, 5.74) is 5.01. The molecule has 0 saturated heterocycles. The second-order valence-electron chi connectivity index (χ2n) is 6.33. The Kier molecular flexibility index (Phi) is 12.0. The molecule has 0 saturated carbocycles. The van der Waals surface area contributed by atoms with E-state index in [1.807, 2.05) is 6.92 Å². The van der Waals surface area contributed by atoms with Gasteiger partial charge in [-0.25, -0.2) is 4.79 Å². The molecule has 0 aromatic heterocycles. The van der Waals surface area contributed by atoms with Crippen molar-refractivity contribution in [1.82, 2.24) is 5.32 Å². The predicted octanol–water partition coefficient (Wildman–Crippen LogP) is 2.60. The summed E-state index contributed by atoms with van der Waals surface area (Å²) in [5, 5.41) is 11.5. The van der Waals surface area contributed by atoms with E-state index in [2.05, 4.69) is 12.2 Å². The quantitative estimate of drug-likeness (QED) is 0.426. The highest BCUT2D eigenvalue weighted by atomic mass is 16.4. The monoisotopic (exact) mass is 328 g/mol. The highest BCUT2D eigenvalue weighted by Gasteiger charge is 2.21. The Morgan fingerprint density at radius 2 is 1.65 bits per heavy atom. The molecule has 0 fully saturated rings. The minimum absolute atomic E-state index is 0.0300. The van der Waals surface area contributed by atoms with Crippen molar-refractivity contribution in [3.63, 3.8) is 0 Å². The van der Waals surface area contributed by atoms with Gasteiger partial charge in [0.15, 0.2) is 0 Å². The summed E-state index contributed by atoms with van der Waals surface area (Å²) in [6, 6.07) is -1.05. The van der Waals surface area contributed by atoms with Gasteiger partial charge in [-0.1, -0.05) is 58.8 Å². The lowest BCUT2D eigenvalue weighted by molar-refractivity contribution is -0.142. The van der Waals surface area contributed by atoms with Gasteiger partial charge in [0.25, 0.3) is 0 Å². The van der Waals surface area contributed by atoms with E-state index in [1.165, 1.54) is 32.1 Å². The van der Waals surface area contributed by atoms with Gasteiger partial charge in [0.2, 0.25) is 11.8 Å². The fourth-order valence-electron chi connectivity index (χ4n) is 2.49. The molecular weight excluding hydrogens is 296 g/mol. The van der Waals surface area contributed by atoms with Crippen LogP contribution in [0, 0.1) is 5.92 Å². The fourth-order valence-corrected chi connectivity index (χ4v) is 2.49. The van der Waals surface area contributed by atoms with E-state index in [1.54, 1.807) is 0 Å². The van der Waals surface area contributed by atoms with E-state index >= 15 is 0 Å². The summed E-state index contributed by atoms with van der Waals surface area (Å²) in [4.78, 5) is 33.7. The Bertz CT molecular complexity index is 372. The number of unbranched alkanes of at least 4 members (excludes halogenated alkanes) is 5. The number of carboxylic acids is 1. The lowest BCUT2D eigenvalue weighted by Crippen LogP contribution is -2.41. The van der Waals surface area contributed by atoms with Crippen molar-refractivity contribution >= 4 is 17.8 Å². The molecule has 0 aromatic carbocycles. The summed E-state index contributed by atoms with van der Waals surface area (Å²) in [6.07, 6.45) is 8.56. The first-order chi connectivity index (χ1) is 10.9. The number of carbonyl (C=O) groups excluding carboxylic acids is 2. The first kappa shape index (κ1) is 21.4. The molecule has 0 aliphatic rings. The predicted molar refractivity (Wildman–Crippen MR) is 89.8 cm³/mol. The first-order valence-electron chi connectivity index (χ1n) is 8.67. The number of amides is 2. The molecule has 0 aromatic rings. The minimum Gasteiger partial charge on any atom is -0.480 e. The van der Waals surface area contributed by atoms with Crippen molar-refractivity contribution < 1.29 is 19.5 Å². The van der Waals surface area contributed by atoms with E-state index in [0.717, 1.165) is 12.8 Å². The van der Waals surface area contributed by atoms with Crippen molar-refractivity contribution in [3.8, 4) is 0 Å². The number of nitrogens with two attached hydrogens (primary N) is 1. The lowest BCUT2D eigenvalue weighted by atomic mass is 9.98. The third-order valence-electron chi connectivity index (χ3n) is 3.90. The molecule has 6 heteroatoms. The van der Waals surface area contributed by atoms with Crippen LogP contribution in [0.3, 0.4) is 0 Å². The van der Waals surface area contributed by atoms with Gasteiger partial charge < -0.3 is 16.2 Å². The van der Waals surface area contributed by atoms with Crippen LogP contribution in [-0.2, 0) is 14.4 Å². The maximum atomic E-state index is 11.9. The number of hydrogen-bond acceptors (Lipinski definition) is 3. The average molecular weight is 328 g/mol. The molecule has 0 aliphatic carbocycles. The largest absolute Gasteiger partial charge is 0.480 e. The maximum absolute atomic E-state index is 11.9. The van der Waals surface area contributed by atoms with Crippen LogP contribution in [-0.4, -0.2) is 28.9 Å². The maximum Gasteiger partial charge on any atom is 0.326 e. The number of rotatable bonds is 14. The van der Waals surface area contributed by atoms with Gasteiger partial charge in [-0.3, -0.25) is 9.59 Å². The van der Waals surface area contributed by atoms with Gasteiger partial charge in [0.1, 0.15) is 6.04 Å². The summed E-state index contributed by atoms with van der Waals surface area (Å²) in [5.74, 6) is -1.75. The van der Waals surface area contributed by atoms with Crippen molar-refractivity contribution in [2.45, 2.75) is 84.1 Å². The van der Waals surface area contributed by atoms with Gasteiger partial charge in [0, 0.05) is 12.8 Å². The zero-order valence-electron chi connectivity index (χ0n) is 14.5. The van der Waals surface area contributed by atoms with E-state index in [0.29, 0.717) is 6.42 Å². The van der Waals surface area contributed by atoms with Gasteiger partial charge in [-0.15, -0.1) is 0 Å². The second kappa shape index (κ2) is 12.9. The van der Waals surface area contributed by atoms with Gasteiger partial charge in [-0.2, -0.15) is 0 Å². The standard InChI is InChI=1S/C17H32N2O4/c1-3-4-5-6-7-8-9-13(2)12-16(21)19-14(17(22)23)10-11-15(18)20/h13-14H,3-12H2,1-2H3,(H2,18,20)(H,19,21)(H,22,23). The third-order valence-corrected chi connectivity index (χ3v) is 3.90. The molecule has 2 unspecified atom stereocenters. The van der Waals surface area contributed by atoms with Crippen molar-refractivity contribution in [2.24, 2.45) is 11.7 Å². The molecule has 134 valence electrons. The Labute approximate surface area is 139 Å². The molecule has 0 aliphatic heterocycles. The van der Waals surface area contributed by atoms with Crippen LogP contribution in [0.1, 0.15) is 78.1 Å². The van der Waals surface area contributed by atoms with Gasteiger partial charge in [-0.05, 0) is 12.3 Å². The van der Waals surface area contributed by atoms with E-state index < -0.39 is 17.9 Å². The summed E-state index contributed by atoms with van der Waals surface area (Å²) in [7, 11) is 0. The smallest absolute Gasteiger partial charge is 0.326 e. The van der Waals surface area contributed by atoms with E-state index in [4.69, 9.17) is 10.8 Å². The Hall–Kier alpha value is -1.59. The molecule has 0 spiro atoms. The van der Waals surface area contributed by atoms with Crippen LogP contribution in [0.15, 0.2) is 0 Å². The molecule has 23 heavy (non-hydrogen) atoms. The fraction of sp³-hybridized carbons (Fsp3) is 0.824. The van der Waals surface area contributed by atoms with Crippen molar-refractivity contribution in [2.75, 3.05) is 0 Å². The van der Waals surface area contributed by atoms with E-state index in [9.17, 15) is 14.4 Å². The highest BCUT2D eigenvalue weighted by Crippen LogP contribution is 2.15. The van der Waals surface area contributed by atoms with Crippen LogP contribution >= 0.6 is 0 Å². The number of carbonyl (C=O) groups is 3. The lowest BCUT2D eigenvalue weighted by Gasteiger charge is -2.16. The number of nitrogens with one attached hydrogen (secondary N) is 1. The average Bonchev–Trinajstić information content (AvgIpc) is 2.46. The molecule has 6 nitrogen and oxygen atoms in total. The minimum atomic E-state index is -1.14. The molecule has 2 amide bonds. The van der Waals surface area contributed by atoms with Crippen LogP contribution in [0.5, 0.6) is 0 Å². The molecule has 0 bridgehead atoms. The zero-order chi connectivity index (χ0) is 17.7. The molecular formula is C17H32N2O4. The van der Waals surface area contributed by atoms with Crippen molar-refractivity contribution in [3.05, 3.63) is 0 Å². The third kappa shape index (κ3) is 12.6. The topological polar surface area (TPSA) is 109 Å². The highest BCUT2D eigenvalue weighted by molar-refractivity contribution is 5.84. The van der Waals surface area contributed by atoms with Crippen LogP contribution in [0.4, 0.5) is 0 Å². The molecule has 0 heterocycles. The number of aliphatic carboxylic acids is 1. The molecule has 2 atom stereocenters. The summed E-state index contributed by atoms with van der Waals surface area (Å²) >= 11 is 0. The normalized spacial score (nSPS) is 13.3. The van der Waals surface area contributed by atoms with Crippen LogP contribution < -0.4 is 11.1 Å². The SMILES string of the molecule is CCCCCCCCC(C)CC(=O)NC(CCC(N)=O)C(=O)O. The molecule has 0 radical (unpaired) electrons. The molecule has 4 N–H and O–H groups in total.